The molecule has 3 nitrogen and oxygen atoms in total. The molecule has 1 heterocycles. The zero-order valence-corrected chi connectivity index (χ0v) is 11.3. The van der Waals surface area contributed by atoms with Gasteiger partial charge in [-0.1, -0.05) is 6.07 Å². The average molecular weight is 336 g/mol. The van der Waals surface area contributed by atoms with Gasteiger partial charge < -0.3 is 9.67 Å². The monoisotopic (exact) mass is 335 g/mol. The molecule has 0 atom stereocenters. The molecule has 0 saturated heterocycles. The van der Waals surface area contributed by atoms with Crippen molar-refractivity contribution in [1.29, 1.82) is 0 Å². The molecule has 102 valence electrons. The molecule has 0 bridgehead atoms. The van der Waals surface area contributed by atoms with Gasteiger partial charge in [0.25, 0.3) is 0 Å². The standard InChI is InChI=1S/C12H9BrF3NO2/c1-17-7(5-12(14,15)16)4-6-2-3-8(13)9(10(6)17)11(18)19/h2-4H,5H2,1H3,(H,18,19). The number of hydrogen-bond donors (Lipinski definition) is 1. The van der Waals surface area contributed by atoms with Crippen LogP contribution < -0.4 is 0 Å². The van der Waals surface area contributed by atoms with Crippen molar-refractivity contribution >= 4 is 32.8 Å². The normalized spacial score (nSPS) is 12.1. The Hall–Kier alpha value is -1.50. The smallest absolute Gasteiger partial charge is 0.394 e. The molecule has 0 aliphatic rings. The van der Waals surface area contributed by atoms with Crippen LogP contribution in [0.3, 0.4) is 0 Å². The van der Waals surface area contributed by atoms with Gasteiger partial charge in [0.1, 0.15) is 0 Å². The SMILES string of the molecule is Cn1c(CC(F)(F)F)cc2ccc(Br)c(C(=O)O)c21. The minimum Gasteiger partial charge on any atom is -0.478 e. The van der Waals surface area contributed by atoms with E-state index in [1.807, 2.05) is 0 Å². The van der Waals surface area contributed by atoms with Crippen molar-refractivity contribution in [3.05, 3.63) is 33.9 Å². The number of benzene rings is 1. The summed E-state index contributed by atoms with van der Waals surface area (Å²) in [5.41, 5.74) is 0.276. The summed E-state index contributed by atoms with van der Waals surface area (Å²) in [6.07, 6.45) is -5.42. The number of rotatable bonds is 2. The lowest BCUT2D eigenvalue weighted by atomic mass is 10.1. The molecular formula is C12H9BrF3NO2. The van der Waals surface area contributed by atoms with Crippen LogP contribution in [0.2, 0.25) is 0 Å². The first-order chi connectivity index (χ1) is 8.70. The van der Waals surface area contributed by atoms with Crippen molar-refractivity contribution in [2.24, 2.45) is 7.05 Å². The van der Waals surface area contributed by atoms with Crippen molar-refractivity contribution in [3.63, 3.8) is 0 Å². The quantitative estimate of drug-likeness (QED) is 0.908. The number of alkyl halides is 3. The van der Waals surface area contributed by atoms with E-state index < -0.39 is 18.6 Å². The Morgan fingerprint density at radius 2 is 2.05 bits per heavy atom. The summed E-state index contributed by atoms with van der Waals surface area (Å²) in [5.74, 6) is -1.18. The van der Waals surface area contributed by atoms with Crippen molar-refractivity contribution in [2.45, 2.75) is 12.6 Å². The fraction of sp³-hybridized carbons (Fsp3) is 0.250. The fourth-order valence-corrected chi connectivity index (χ4v) is 2.55. The molecule has 0 fully saturated rings. The molecule has 0 saturated carbocycles. The molecule has 1 aromatic heterocycles. The zero-order valence-electron chi connectivity index (χ0n) is 9.75. The maximum atomic E-state index is 12.4. The second-order valence-corrected chi connectivity index (χ2v) is 5.01. The van der Waals surface area contributed by atoms with Gasteiger partial charge in [-0.3, -0.25) is 0 Å². The second-order valence-electron chi connectivity index (χ2n) is 4.15. The number of aryl methyl sites for hydroxylation is 1. The highest BCUT2D eigenvalue weighted by Gasteiger charge is 2.30. The molecule has 2 rings (SSSR count). The lowest BCUT2D eigenvalue weighted by Crippen LogP contribution is -2.14. The molecule has 0 aliphatic heterocycles. The lowest BCUT2D eigenvalue weighted by molar-refractivity contribution is -0.128. The maximum absolute atomic E-state index is 12.4. The molecule has 19 heavy (non-hydrogen) atoms. The Bertz CT molecular complexity index is 661. The van der Waals surface area contributed by atoms with Crippen LogP contribution in [0.25, 0.3) is 10.9 Å². The topological polar surface area (TPSA) is 42.2 Å². The zero-order chi connectivity index (χ0) is 14.4. The lowest BCUT2D eigenvalue weighted by Gasteiger charge is -2.09. The first-order valence-corrected chi connectivity index (χ1v) is 6.07. The van der Waals surface area contributed by atoms with E-state index in [0.717, 1.165) is 0 Å². The van der Waals surface area contributed by atoms with E-state index in [4.69, 9.17) is 5.11 Å². The van der Waals surface area contributed by atoms with E-state index in [2.05, 4.69) is 15.9 Å². The van der Waals surface area contributed by atoms with E-state index in [-0.39, 0.29) is 16.8 Å². The number of nitrogens with zero attached hydrogens (tertiary/aromatic N) is 1. The highest BCUT2D eigenvalue weighted by molar-refractivity contribution is 9.10. The minimum absolute atomic E-state index is 0.0306. The number of carbonyl (C=O) groups is 1. The first-order valence-electron chi connectivity index (χ1n) is 5.27. The first kappa shape index (κ1) is 13.9. The van der Waals surface area contributed by atoms with E-state index in [1.165, 1.54) is 23.7 Å². The molecule has 0 aliphatic carbocycles. The molecule has 1 N–H and O–H groups in total. The van der Waals surface area contributed by atoms with Crippen LogP contribution in [0.1, 0.15) is 16.1 Å². The number of aromatic nitrogens is 1. The summed E-state index contributed by atoms with van der Waals surface area (Å²) in [7, 11) is 1.43. The molecule has 0 unspecified atom stereocenters. The third kappa shape index (κ3) is 2.60. The van der Waals surface area contributed by atoms with Crippen LogP contribution in [0, 0.1) is 0 Å². The van der Waals surface area contributed by atoms with Gasteiger partial charge in [-0.25, -0.2) is 4.79 Å². The number of aromatic carboxylic acids is 1. The van der Waals surface area contributed by atoms with Crippen LogP contribution in [0.15, 0.2) is 22.7 Å². The predicted octanol–water partition coefficient (Wildman–Crippen LogP) is 3.74. The highest BCUT2D eigenvalue weighted by Crippen LogP contribution is 2.31. The summed E-state index contributed by atoms with van der Waals surface area (Å²) in [4.78, 5) is 11.2. The molecular weight excluding hydrogens is 327 g/mol. The summed E-state index contributed by atoms with van der Waals surface area (Å²) in [6, 6.07) is 4.47. The summed E-state index contributed by atoms with van der Waals surface area (Å²) in [5, 5.41) is 9.64. The second kappa shape index (κ2) is 4.56. The Morgan fingerprint density at radius 1 is 1.42 bits per heavy atom. The number of carboxylic acid groups (broad SMARTS) is 1. The average Bonchev–Trinajstić information content (AvgIpc) is 2.54. The largest absolute Gasteiger partial charge is 0.478 e. The molecule has 0 amide bonds. The Kier molecular flexibility index (Phi) is 3.34. The van der Waals surface area contributed by atoms with E-state index >= 15 is 0 Å². The number of carboxylic acids is 1. The van der Waals surface area contributed by atoms with Gasteiger partial charge in [0.15, 0.2) is 0 Å². The highest BCUT2D eigenvalue weighted by atomic mass is 79.9. The third-order valence-electron chi connectivity index (χ3n) is 2.84. The van der Waals surface area contributed by atoms with Crippen molar-refractivity contribution in [1.82, 2.24) is 4.57 Å². The summed E-state index contributed by atoms with van der Waals surface area (Å²) in [6.45, 7) is 0. The third-order valence-corrected chi connectivity index (χ3v) is 3.50. The van der Waals surface area contributed by atoms with E-state index in [0.29, 0.717) is 9.86 Å². The number of halogens is 4. The van der Waals surface area contributed by atoms with E-state index in [1.54, 1.807) is 6.07 Å². The van der Waals surface area contributed by atoms with Crippen molar-refractivity contribution in [3.8, 4) is 0 Å². The molecule has 7 heteroatoms. The van der Waals surface area contributed by atoms with Crippen LogP contribution >= 0.6 is 15.9 Å². The maximum Gasteiger partial charge on any atom is 0.394 e. The van der Waals surface area contributed by atoms with Gasteiger partial charge in [-0.15, -0.1) is 0 Å². The van der Waals surface area contributed by atoms with Gasteiger partial charge in [0.2, 0.25) is 0 Å². The summed E-state index contributed by atoms with van der Waals surface area (Å²) >= 11 is 3.11. The van der Waals surface area contributed by atoms with Gasteiger partial charge in [-0.05, 0) is 28.1 Å². The van der Waals surface area contributed by atoms with Crippen LogP contribution in [0.4, 0.5) is 13.2 Å². The molecule has 1 aromatic carbocycles. The van der Waals surface area contributed by atoms with Gasteiger partial charge in [-0.2, -0.15) is 13.2 Å². The molecule has 0 spiro atoms. The van der Waals surface area contributed by atoms with Crippen molar-refractivity contribution in [2.75, 3.05) is 0 Å². The van der Waals surface area contributed by atoms with Crippen LogP contribution in [-0.4, -0.2) is 21.8 Å². The fourth-order valence-electron chi connectivity index (χ4n) is 2.06. The van der Waals surface area contributed by atoms with Gasteiger partial charge in [0, 0.05) is 22.6 Å². The predicted molar refractivity (Wildman–Crippen MR) is 67.3 cm³/mol. The minimum atomic E-state index is -4.33. The number of hydrogen-bond acceptors (Lipinski definition) is 1. The number of fused-ring (bicyclic) bond motifs is 1. The summed E-state index contributed by atoms with van der Waals surface area (Å²) < 4.78 is 39.0. The van der Waals surface area contributed by atoms with Gasteiger partial charge in [0.05, 0.1) is 17.5 Å². The Morgan fingerprint density at radius 3 is 2.58 bits per heavy atom. The van der Waals surface area contributed by atoms with Crippen molar-refractivity contribution < 1.29 is 23.1 Å². The van der Waals surface area contributed by atoms with Crippen LogP contribution in [-0.2, 0) is 13.5 Å². The molecule has 2 aromatic rings. The Labute approximate surface area is 114 Å². The Balaban J connectivity index is 2.71. The molecule has 0 radical (unpaired) electrons. The van der Waals surface area contributed by atoms with Crippen LogP contribution in [0.5, 0.6) is 0 Å². The van der Waals surface area contributed by atoms with Gasteiger partial charge >= 0.3 is 12.1 Å². The van der Waals surface area contributed by atoms with E-state index in [9.17, 15) is 18.0 Å².